The Labute approximate surface area is 175 Å². The second-order valence-electron chi connectivity index (χ2n) is 7.15. The summed E-state index contributed by atoms with van der Waals surface area (Å²) in [4.78, 5) is 23.2. The van der Waals surface area contributed by atoms with Gasteiger partial charge in [0.1, 0.15) is 17.8 Å². The van der Waals surface area contributed by atoms with Crippen molar-refractivity contribution in [2.75, 3.05) is 28.6 Å². The van der Waals surface area contributed by atoms with E-state index in [1.807, 2.05) is 18.2 Å². The molecule has 1 aromatic heterocycles. The van der Waals surface area contributed by atoms with Crippen molar-refractivity contribution in [3.05, 3.63) is 72.2 Å². The molecule has 1 fully saturated rings. The van der Waals surface area contributed by atoms with Crippen LogP contribution in [-0.2, 0) is 0 Å². The molecular weight excluding hydrogens is 376 g/mol. The molecule has 2 heterocycles. The zero-order valence-corrected chi connectivity index (χ0v) is 16.5. The van der Waals surface area contributed by atoms with Crippen LogP contribution >= 0.6 is 0 Å². The van der Waals surface area contributed by atoms with Crippen molar-refractivity contribution in [2.24, 2.45) is 0 Å². The van der Waals surface area contributed by atoms with Crippen molar-refractivity contribution in [3.8, 4) is 6.07 Å². The third kappa shape index (κ3) is 4.73. The molecule has 3 aromatic rings. The van der Waals surface area contributed by atoms with Gasteiger partial charge in [0.2, 0.25) is 0 Å². The van der Waals surface area contributed by atoms with E-state index in [1.165, 1.54) is 31.3 Å². The van der Waals surface area contributed by atoms with Crippen LogP contribution in [0, 0.1) is 11.3 Å². The van der Waals surface area contributed by atoms with Crippen LogP contribution in [0.2, 0.25) is 0 Å². The zero-order valence-electron chi connectivity index (χ0n) is 16.5. The lowest BCUT2D eigenvalue weighted by Gasteiger charge is -2.28. The Balaban J connectivity index is 1.41. The monoisotopic (exact) mass is 398 g/mol. The smallest absolute Gasteiger partial charge is 0.274 e. The van der Waals surface area contributed by atoms with E-state index in [-0.39, 0.29) is 11.6 Å². The highest BCUT2D eigenvalue weighted by Crippen LogP contribution is 2.23. The molecule has 0 unspecified atom stereocenters. The number of benzene rings is 2. The first-order valence-corrected chi connectivity index (χ1v) is 9.97. The molecule has 2 aromatic carbocycles. The van der Waals surface area contributed by atoms with Crippen molar-refractivity contribution in [2.45, 2.75) is 19.3 Å². The summed E-state index contributed by atoms with van der Waals surface area (Å²) < 4.78 is 0. The molecule has 30 heavy (non-hydrogen) atoms. The van der Waals surface area contributed by atoms with Crippen LogP contribution in [0.15, 0.2) is 60.9 Å². The normalized spacial score (nSPS) is 13.4. The average Bonchev–Trinajstić information content (AvgIpc) is 2.81. The third-order valence-corrected chi connectivity index (χ3v) is 5.03. The van der Waals surface area contributed by atoms with Crippen LogP contribution < -0.4 is 15.5 Å². The van der Waals surface area contributed by atoms with Gasteiger partial charge < -0.3 is 15.5 Å². The van der Waals surface area contributed by atoms with Crippen molar-refractivity contribution in [1.82, 2.24) is 9.97 Å². The molecule has 0 saturated carbocycles. The fraction of sp³-hybridized carbons (Fsp3) is 0.217. The molecule has 1 aliphatic heterocycles. The molecule has 0 bridgehead atoms. The SMILES string of the molecule is N#Cc1ccc(NC(=O)c2cc(Nc3ccc(N4CCCCC4)cc3)ncn2)cc1. The van der Waals surface area contributed by atoms with Crippen LogP contribution in [0.25, 0.3) is 0 Å². The summed E-state index contributed by atoms with van der Waals surface area (Å²) >= 11 is 0. The largest absolute Gasteiger partial charge is 0.372 e. The lowest BCUT2D eigenvalue weighted by molar-refractivity contribution is 0.102. The van der Waals surface area contributed by atoms with Gasteiger partial charge in [0.15, 0.2) is 0 Å². The summed E-state index contributed by atoms with van der Waals surface area (Å²) in [7, 11) is 0. The summed E-state index contributed by atoms with van der Waals surface area (Å²) in [6, 6.07) is 18.6. The van der Waals surface area contributed by atoms with Crippen LogP contribution in [0.1, 0.15) is 35.3 Å². The predicted molar refractivity (Wildman–Crippen MR) is 117 cm³/mol. The van der Waals surface area contributed by atoms with Gasteiger partial charge in [-0.05, 0) is 67.8 Å². The minimum Gasteiger partial charge on any atom is -0.372 e. The van der Waals surface area contributed by atoms with Gasteiger partial charge >= 0.3 is 0 Å². The van der Waals surface area contributed by atoms with Crippen molar-refractivity contribution < 1.29 is 4.79 Å². The first kappa shape index (κ1) is 19.4. The van der Waals surface area contributed by atoms with E-state index in [9.17, 15) is 4.79 Å². The fourth-order valence-corrected chi connectivity index (χ4v) is 3.43. The molecule has 0 spiro atoms. The van der Waals surface area contributed by atoms with Gasteiger partial charge in [-0.15, -0.1) is 0 Å². The van der Waals surface area contributed by atoms with E-state index in [0.717, 1.165) is 18.8 Å². The molecule has 1 aliphatic rings. The zero-order chi connectivity index (χ0) is 20.8. The first-order chi connectivity index (χ1) is 14.7. The standard InChI is InChI=1S/C23H22N6O/c24-15-17-4-6-19(7-5-17)28-23(30)21-14-22(26-16-25-21)27-18-8-10-20(11-9-18)29-12-2-1-3-13-29/h4-11,14,16H,1-3,12-13H2,(H,28,30)(H,25,26,27). The molecule has 0 atom stereocenters. The second kappa shape index (κ2) is 9.05. The molecule has 0 radical (unpaired) electrons. The van der Waals surface area contributed by atoms with Crippen LogP contribution in [0.3, 0.4) is 0 Å². The minimum absolute atomic E-state index is 0.252. The topological polar surface area (TPSA) is 93.9 Å². The number of nitriles is 1. The number of rotatable bonds is 5. The number of nitrogens with one attached hydrogen (secondary N) is 2. The molecule has 4 rings (SSSR count). The summed E-state index contributed by atoms with van der Waals surface area (Å²) in [5.41, 5.74) is 3.51. The summed E-state index contributed by atoms with van der Waals surface area (Å²) in [6.07, 6.45) is 5.16. The molecule has 2 N–H and O–H groups in total. The quantitative estimate of drug-likeness (QED) is 0.664. The Morgan fingerprint density at radius 2 is 1.63 bits per heavy atom. The maximum Gasteiger partial charge on any atom is 0.274 e. The highest BCUT2D eigenvalue weighted by atomic mass is 16.1. The third-order valence-electron chi connectivity index (χ3n) is 5.03. The molecule has 7 nitrogen and oxygen atoms in total. The lowest BCUT2D eigenvalue weighted by Crippen LogP contribution is -2.29. The fourth-order valence-electron chi connectivity index (χ4n) is 3.43. The maximum absolute atomic E-state index is 12.5. The number of piperidine rings is 1. The van der Waals surface area contributed by atoms with E-state index < -0.39 is 0 Å². The highest BCUT2D eigenvalue weighted by Gasteiger charge is 2.12. The Bertz CT molecular complexity index is 1050. The second-order valence-corrected chi connectivity index (χ2v) is 7.15. The van der Waals surface area contributed by atoms with Crippen LogP contribution in [-0.4, -0.2) is 29.0 Å². The van der Waals surface area contributed by atoms with E-state index in [2.05, 4.69) is 37.6 Å². The Morgan fingerprint density at radius 3 is 2.33 bits per heavy atom. The predicted octanol–water partition coefficient (Wildman–Crippen LogP) is 4.33. The van der Waals surface area contributed by atoms with Gasteiger partial charge in [-0.1, -0.05) is 0 Å². The number of amides is 1. The van der Waals surface area contributed by atoms with E-state index in [0.29, 0.717) is 17.1 Å². The molecule has 150 valence electrons. The van der Waals surface area contributed by atoms with Gasteiger partial charge in [-0.3, -0.25) is 4.79 Å². The van der Waals surface area contributed by atoms with Crippen molar-refractivity contribution in [1.29, 1.82) is 5.26 Å². The molecule has 1 saturated heterocycles. The summed E-state index contributed by atoms with van der Waals surface area (Å²) in [6.45, 7) is 2.22. The number of hydrogen-bond donors (Lipinski definition) is 2. The van der Waals surface area contributed by atoms with Gasteiger partial charge in [-0.25, -0.2) is 9.97 Å². The molecular formula is C23H22N6O. The first-order valence-electron chi connectivity index (χ1n) is 9.97. The van der Waals surface area contributed by atoms with E-state index >= 15 is 0 Å². The Kier molecular flexibility index (Phi) is 5.85. The number of hydrogen-bond acceptors (Lipinski definition) is 6. The molecule has 7 heteroatoms. The molecule has 1 amide bonds. The van der Waals surface area contributed by atoms with E-state index in [1.54, 1.807) is 30.3 Å². The van der Waals surface area contributed by atoms with Crippen LogP contribution in [0.5, 0.6) is 0 Å². The number of anilines is 4. The number of aromatic nitrogens is 2. The minimum atomic E-state index is -0.342. The average molecular weight is 398 g/mol. The maximum atomic E-state index is 12.5. The van der Waals surface area contributed by atoms with E-state index in [4.69, 9.17) is 5.26 Å². The van der Waals surface area contributed by atoms with Gasteiger partial charge in [-0.2, -0.15) is 5.26 Å². The lowest BCUT2D eigenvalue weighted by atomic mass is 10.1. The Hall–Kier alpha value is -3.92. The summed E-state index contributed by atoms with van der Waals surface area (Å²) in [5, 5.41) is 14.9. The number of carbonyl (C=O) groups is 1. The molecule has 0 aliphatic carbocycles. The van der Waals surface area contributed by atoms with Gasteiger partial charge in [0.05, 0.1) is 11.6 Å². The highest BCUT2D eigenvalue weighted by molar-refractivity contribution is 6.03. The summed E-state index contributed by atoms with van der Waals surface area (Å²) in [5.74, 6) is 0.200. The van der Waals surface area contributed by atoms with Crippen LogP contribution in [0.4, 0.5) is 22.9 Å². The van der Waals surface area contributed by atoms with Gasteiger partial charge in [0, 0.05) is 36.2 Å². The van der Waals surface area contributed by atoms with Gasteiger partial charge in [0.25, 0.3) is 5.91 Å². The Morgan fingerprint density at radius 1 is 0.933 bits per heavy atom. The van der Waals surface area contributed by atoms with Crippen molar-refractivity contribution in [3.63, 3.8) is 0 Å². The number of nitrogens with zero attached hydrogens (tertiary/aromatic N) is 4. The number of carbonyl (C=O) groups excluding carboxylic acids is 1. The van der Waals surface area contributed by atoms with Crippen molar-refractivity contribution >= 4 is 28.8 Å².